The van der Waals surface area contributed by atoms with Gasteiger partial charge in [0.25, 0.3) is 11.8 Å². The smallest absolute Gasteiger partial charge is 0.272 e. The first kappa shape index (κ1) is 19.2. The lowest BCUT2D eigenvalue weighted by atomic mass is 10.0. The minimum atomic E-state index is -0.284. The fourth-order valence-corrected chi connectivity index (χ4v) is 3.91. The lowest BCUT2D eigenvalue weighted by molar-refractivity contribution is -0.119. The van der Waals surface area contributed by atoms with Gasteiger partial charge in [-0.2, -0.15) is 0 Å². The van der Waals surface area contributed by atoms with Gasteiger partial charge in [-0.15, -0.1) is 11.8 Å². The Morgan fingerprint density at radius 3 is 2.41 bits per heavy atom. The van der Waals surface area contributed by atoms with Crippen molar-refractivity contribution in [2.45, 2.75) is 27.7 Å². The topological polar surface area (TPSA) is 46.6 Å². The van der Waals surface area contributed by atoms with E-state index in [-0.39, 0.29) is 11.8 Å². The first-order valence-corrected chi connectivity index (χ1v) is 10.0. The zero-order valence-electron chi connectivity index (χ0n) is 16.0. The van der Waals surface area contributed by atoms with Crippen molar-refractivity contribution < 1.29 is 14.3 Å². The van der Waals surface area contributed by atoms with Gasteiger partial charge in [0, 0.05) is 6.07 Å². The van der Waals surface area contributed by atoms with Crippen molar-refractivity contribution in [1.82, 2.24) is 0 Å². The van der Waals surface area contributed by atoms with Crippen LogP contribution in [0.25, 0.3) is 5.57 Å². The second kappa shape index (κ2) is 8.01. The zero-order chi connectivity index (χ0) is 19.6. The predicted molar refractivity (Wildman–Crippen MR) is 111 cm³/mol. The summed E-state index contributed by atoms with van der Waals surface area (Å²) in [6.45, 7) is 8.44. The molecule has 2 aromatic carbocycles. The molecule has 1 aliphatic heterocycles. The highest BCUT2D eigenvalue weighted by Crippen LogP contribution is 2.39. The van der Waals surface area contributed by atoms with Crippen molar-refractivity contribution in [3.8, 4) is 5.75 Å². The molecule has 27 heavy (non-hydrogen) atoms. The number of carbonyl (C=O) groups is 2. The summed E-state index contributed by atoms with van der Waals surface area (Å²) in [4.78, 5) is 28.1. The normalized spacial score (nSPS) is 14.3. The van der Waals surface area contributed by atoms with Gasteiger partial charge < -0.3 is 4.74 Å². The third-order valence-electron chi connectivity index (χ3n) is 4.51. The van der Waals surface area contributed by atoms with Crippen molar-refractivity contribution in [3.05, 3.63) is 64.1 Å². The summed E-state index contributed by atoms with van der Waals surface area (Å²) in [5, 5.41) is 0. The van der Waals surface area contributed by atoms with E-state index in [1.165, 1.54) is 16.7 Å². The molecule has 0 bridgehead atoms. The molecule has 0 saturated heterocycles. The van der Waals surface area contributed by atoms with E-state index >= 15 is 0 Å². The first-order chi connectivity index (χ1) is 13.0. The summed E-state index contributed by atoms with van der Waals surface area (Å²) in [6, 6.07) is 13.0. The van der Waals surface area contributed by atoms with Crippen LogP contribution in [-0.2, 0) is 9.59 Å². The summed E-state index contributed by atoms with van der Waals surface area (Å²) in [5.41, 5.74) is 4.05. The monoisotopic (exact) mass is 381 g/mol. The van der Waals surface area contributed by atoms with E-state index in [1.54, 1.807) is 18.2 Å². The summed E-state index contributed by atoms with van der Waals surface area (Å²) >= 11 is 1.41. The van der Waals surface area contributed by atoms with E-state index in [2.05, 4.69) is 0 Å². The zero-order valence-corrected chi connectivity index (χ0v) is 16.9. The number of nitrogens with zero attached hydrogens (tertiary/aromatic N) is 1. The molecule has 0 aliphatic carbocycles. The highest BCUT2D eigenvalue weighted by Gasteiger charge is 2.40. The number of hydrogen-bond acceptors (Lipinski definition) is 4. The minimum Gasteiger partial charge on any atom is -0.494 e. The van der Waals surface area contributed by atoms with Gasteiger partial charge in [-0.25, -0.2) is 4.90 Å². The highest BCUT2D eigenvalue weighted by atomic mass is 32.2. The third kappa shape index (κ3) is 3.65. The average Bonchev–Trinajstić information content (AvgIpc) is 2.89. The number of benzene rings is 2. The number of carbonyl (C=O) groups excluding carboxylic acids is 2. The average molecular weight is 381 g/mol. The molecule has 0 radical (unpaired) electrons. The number of anilines is 1. The van der Waals surface area contributed by atoms with Crippen molar-refractivity contribution in [1.29, 1.82) is 0 Å². The number of imide groups is 1. The van der Waals surface area contributed by atoms with Crippen LogP contribution >= 0.6 is 11.8 Å². The number of ether oxygens (including phenoxy) is 1. The van der Waals surface area contributed by atoms with E-state index in [0.717, 1.165) is 22.4 Å². The SMILES string of the molecule is CCOc1cccc(N2C(=O)C(SCC)=C(c3ccc(C)c(C)c3)C2=O)c1. The Labute approximate surface area is 164 Å². The van der Waals surface area contributed by atoms with Gasteiger partial charge in [-0.3, -0.25) is 9.59 Å². The molecule has 4 nitrogen and oxygen atoms in total. The van der Waals surface area contributed by atoms with Crippen molar-refractivity contribution in [2.24, 2.45) is 0 Å². The Morgan fingerprint density at radius 2 is 1.74 bits per heavy atom. The molecule has 2 amide bonds. The molecule has 1 heterocycles. The van der Waals surface area contributed by atoms with Crippen LogP contribution in [0, 0.1) is 13.8 Å². The first-order valence-electron chi connectivity index (χ1n) is 9.04. The van der Waals surface area contributed by atoms with E-state index in [4.69, 9.17) is 4.74 Å². The molecule has 0 saturated carbocycles. The maximum absolute atomic E-state index is 13.3. The number of thioether (sulfide) groups is 1. The van der Waals surface area contributed by atoms with Crippen LogP contribution in [0.5, 0.6) is 5.75 Å². The summed E-state index contributed by atoms with van der Waals surface area (Å²) in [6.07, 6.45) is 0. The Hall–Kier alpha value is -2.53. The van der Waals surface area contributed by atoms with Crippen LogP contribution in [0.1, 0.15) is 30.5 Å². The van der Waals surface area contributed by atoms with Crippen molar-refractivity contribution in [3.63, 3.8) is 0 Å². The quantitative estimate of drug-likeness (QED) is 0.678. The number of aryl methyl sites for hydroxylation is 2. The predicted octanol–water partition coefficient (Wildman–Crippen LogP) is 4.74. The fraction of sp³-hybridized carbons (Fsp3) is 0.273. The summed E-state index contributed by atoms with van der Waals surface area (Å²) in [7, 11) is 0. The van der Waals surface area contributed by atoms with E-state index in [9.17, 15) is 9.59 Å². The van der Waals surface area contributed by atoms with Crippen molar-refractivity contribution in [2.75, 3.05) is 17.3 Å². The fourth-order valence-electron chi connectivity index (χ4n) is 3.05. The standard InChI is InChI=1S/C22H23NO3S/c1-5-26-18-9-7-8-17(13-18)23-21(24)19(20(22(23)25)27-6-2)16-11-10-14(3)15(4)12-16/h7-13H,5-6H2,1-4H3. The maximum atomic E-state index is 13.3. The molecule has 0 fully saturated rings. The molecule has 0 spiro atoms. The minimum absolute atomic E-state index is 0.270. The van der Waals surface area contributed by atoms with Crippen LogP contribution in [0.2, 0.25) is 0 Å². The van der Waals surface area contributed by atoms with Gasteiger partial charge in [0.15, 0.2) is 0 Å². The molecule has 0 aromatic heterocycles. The lowest BCUT2D eigenvalue weighted by Gasteiger charge is -2.16. The Bertz CT molecular complexity index is 933. The lowest BCUT2D eigenvalue weighted by Crippen LogP contribution is -2.31. The largest absolute Gasteiger partial charge is 0.494 e. The number of hydrogen-bond donors (Lipinski definition) is 0. The Kier molecular flexibility index (Phi) is 5.71. The highest BCUT2D eigenvalue weighted by molar-refractivity contribution is 8.04. The molecular weight excluding hydrogens is 358 g/mol. The third-order valence-corrected chi connectivity index (χ3v) is 5.47. The van der Waals surface area contributed by atoms with E-state index in [0.29, 0.717) is 28.5 Å². The second-order valence-corrected chi connectivity index (χ2v) is 7.59. The number of amides is 2. The van der Waals surface area contributed by atoms with E-state index < -0.39 is 0 Å². The van der Waals surface area contributed by atoms with Crippen LogP contribution in [-0.4, -0.2) is 24.2 Å². The van der Waals surface area contributed by atoms with Gasteiger partial charge in [-0.1, -0.05) is 31.2 Å². The molecule has 5 heteroatoms. The maximum Gasteiger partial charge on any atom is 0.272 e. The van der Waals surface area contributed by atoms with Crippen molar-refractivity contribution >= 4 is 34.8 Å². The summed E-state index contributed by atoms with van der Waals surface area (Å²) in [5.74, 6) is 0.803. The van der Waals surface area contributed by atoms with Gasteiger partial charge in [0.05, 0.1) is 22.8 Å². The molecular formula is C22H23NO3S. The van der Waals surface area contributed by atoms with E-state index in [1.807, 2.05) is 52.0 Å². The van der Waals surface area contributed by atoms with Gasteiger partial charge >= 0.3 is 0 Å². The van der Waals surface area contributed by atoms with Gasteiger partial charge in [-0.05, 0) is 55.3 Å². The van der Waals surface area contributed by atoms with Crippen LogP contribution in [0.15, 0.2) is 47.4 Å². The molecule has 1 aliphatic rings. The van der Waals surface area contributed by atoms with Gasteiger partial charge in [0.2, 0.25) is 0 Å². The van der Waals surface area contributed by atoms with Crippen LogP contribution < -0.4 is 9.64 Å². The molecule has 140 valence electrons. The van der Waals surface area contributed by atoms with Gasteiger partial charge in [0.1, 0.15) is 5.75 Å². The Balaban J connectivity index is 2.07. The molecule has 0 atom stereocenters. The molecule has 0 N–H and O–H groups in total. The second-order valence-electron chi connectivity index (χ2n) is 6.31. The Morgan fingerprint density at radius 1 is 0.963 bits per heavy atom. The number of rotatable bonds is 6. The van der Waals surface area contributed by atoms with Crippen LogP contribution in [0.4, 0.5) is 5.69 Å². The molecule has 0 unspecified atom stereocenters. The molecule has 3 rings (SSSR count). The molecule has 2 aromatic rings. The van der Waals surface area contributed by atoms with Crippen LogP contribution in [0.3, 0.4) is 0 Å². The summed E-state index contributed by atoms with van der Waals surface area (Å²) < 4.78 is 5.52.